The van der Waals surface area contributed by atoms with Crippen molar-refractivity contribution in [3.05, 3.63) is 113 Å². The van der Waals surface area contributed by atoms with Crippen molar-refractivity contribution in [2.45, 2.75) is 19.4 Å². The van der Waals surface area contributed by atoms with Gasteiger partial charge < -0.3 is 14.7 Å². The van der Waals surface area contributed by atoms with E-state index in [-0.39, 0.29) is 24.4 Å². The van der Waals surface area contributed by atoms with Crippen molar-refractivity contribution in [1.82, 2.24) is 20.0 Å². The summed E-state index contributed by atoms with van der Waals surface area (Å²) in [6.45, 7) is 4.46. The van der Waals surface area contributed by atoms with E-state index in [4.69, 9.17) is 11.6 Å². The normalized spacial score (nSPS) is 14.3. The number of nitrogens with zero attached hydrogens (tertiary/aromatic N) is 5. The third-order valence-electron chi connectivity index (χ3n) is 7.31. The van der Waals surface area contributed by atoms with Crippen LogP contribution in [0.25, 0.3) is 11.3 Å². The molecule has 1 saturated heterocycles. The molecular weight excluding hydrogens is 522 g/mol. The Kier molecular flexibility index (Phi) is 8.71. The van der Waals surface area contributed by atoms with E-state index in [2.05, 4.69) is 15.1 Å². The Labute approximate surface area is 240 Å². The van der Waals surface area contributed by atoms with Gasteiger partial charge in [-0.25, -0.2) is 0 Å². The fourth-order valence-corrected chi connectivity index (χ4v) is 5.20. The largest absolute Gasteiger partial charge is 0.353 e. The van der Waals surface area contributed by atoms with Crippen LogP contribution in [0.15, 0.2) is 97.1 Å². The van der Waals surface area contributed by atoms with Gasteiger partial charge in [0.05, 0.1) is 22.3 Å². The van der Waals surface area contributed by atoms with Crippen molar-refractivity contribution in [3.8, 4) is 11.3 Å². The van der Waals surface area contributed by atoms with E-state index < -0.39 is 0 Å². The second-order valence-corrected chi connectivity index (χ2v) is 10.3. The topological polar surface area (TPSA) is 69.6 Å². The Balaban J connectivity index is 1.28. The summed E-state index contributed by atoms with van der Waals surface area (Å²) < 4.78 is 0. The zero-order valence-electron chi connectivity index (χ0n) is 22.5. The van der Waals surface area contributed by atoms with Crippen molar-refractivity contribution in [2.75, 3.05) is 37.6 Å². The van der Waals surface area contributed by atoms with Crippen LogP contribution in [0.5, 0.6) is 0 Å². The highest BCUT2D eigenvalue weighted by molar-refractivity contribution is 6.33. The molecule has 1 aliphatic heterocycles. The van der Waals surface area contributed by atoms with Gasteiger partial charge in [-0.2, -0.15) is 0 Å². The molecule has 0 spiro atoms. The van der Waals surface area contributed by atoms with Crippen LogP contribution in [0.2, 0.25) is 5.02 Å². The minimum Gasteiger partial charge on any atom is -0.353 e. The Morgan fingerprint density at radius 3 is 2.23 bits per heavy atom. The van der Waals surface area contributed by atoms with E-state index in [1.165, 1.54) is 0 Å². The van der Waals surface area contributed by atoms with Crippen LogP contribution in [0, 0.1) is 0 Å². The molecule has 4 aromatic rings. The Morgan fingerprint density at radius 2 is 1.52 bits per heavy atom. The van der Waals surface area contributed by atoms with E-state index in [0.717, 1.165) is 35.6 Å². The molecule has 2 heterocycles. The first-order valence-corrected chi connectivity index (χ1v) is 13.9. The molecule has 3 aromatic carbocycles. The summed E-state index contributed by atoms with van der Waals surface area (Å²) in [5.74, 6) is 0.443. The van der Waals surface area contributed by atoms with Gasteiger partial charge in [0.15, 0.2) is 5.82 Å². The lowest BCUT2D eigenvalue weighted by molar-refractivity contribution is -0.132. The molecule has 8 heteroatoms. The first-order chi connectivity index (χ1) is 19.5. The van der Waals surface area contributed by atoms with E-state index in [9.17, 15) is 9.59 Å². The van der Waals surface area contributed by atoms with Crippen LogP contribution in [0.1, 0.15) is 35.3 Å². The highest BCUT2D eigenvalue weighted by Gasteiger charge is 2.29. The number of anilines is 1. The van der Waals surface area contributed by atoms with Crippen molar-refractivity contribution < 1.29 is 9.59 Å². The van der Waals surface area contributed by atoms with Crippen LogP contribution in [-0.4, -0.2) is 64.5 Å². The van der Waals surface area contributed by atoms with Crippen LogP contribution in [-0.2, 0) is 4.79 Å². The van der Waals surface area contributed by atoms with Crippen molar-refractivity contribution in [3.63, 3.8) is 0 Å². The lowest BCUT2D eigenvalue weighted by Crippen LogP contribution is -2.45. The first kappa shape index (κ1) is 27.3. The zero-order valence-corrected chi connectivity index (χ0v) is 23.2. The fraction of sp³-hybridized carbons (Fsp3) is 0.250. The van der Waals surface area contributed by atoms with E-state index in [1.807, 2.05) is 84.6 Å². The fourth-order valence-electron chi connectivity index (χ4n) is 4.98. The van der Waals surface area contributed by atoms with Crippen LogP contribution >= 0.6 is 11.6 Å². The van der Waals surface area contributed by atoms with Gasteiger partial charge in [0.2, 0.25) is 5.91 Å². The average Bonchev–Trinajstić information content (AvgIpc) is 3.27. The third-order valence-corrected chi connectivity index (χ3v) is 7.64. The molecular formula is C32H32ClN5O2. The van der Waals surface area contributed by atoms with E-state index >= 15 is 0 Å². The number of benzene rings is 3. The van der Waals surface area contributed by atoms with Gasteiger partial charge in [-0.15, -0.1) is 10.2 Å². The summed E-state index contributed by atoms with van der Waals surface area (Å²) in [5.41, 5.74) is 3.19. The molecule has 1 atom stereocenters. The molecule has 2 amide bonds. The van der Waals surface area contributed by atoms with Gasteiger partial charge in [-0.3, -0.25) is 9.59 Å². The number of aromatic nitrogens is 2. The molecule has 204 valence electrons. The number of hydrogen-bond donors (Lipinski definition) is 0. The highest BCUT2D eigenvalue weighted by atomic mass is 35.5. The van der Waals surface area contributed by atoms with E-state index in [0.29, 0.717) is 30.2 Å². The smallest absolute Gasteiger partial charge is 0.256 e. The Morgan fingerprint density at radius 1 is 0.825 bits per heavy atom. The lowest BCUT2D eigenvalue weighted by Gasteiger charge is -2.32. The van der Waals surface area contributed by atoms with Crippen LogP contribution in [0.4, 0.5) is 5.82 Å². The molecule has 7 nitrogen and oxygen atoms in total. The maximum absolute atomic E-state index is 13.7. The molecule has 1 aromatic heterocycles. The van der Waals surface area contributed by atoms with Crippen molar-refractivity contribution in [1.29, 1.82) is 0 Å². The Bertz CT molecular complexity index is 1430. The summed E-state index contributed by atoms with van der Waals surface area (Å²) >= 11 is 6.38. The van der Waals surface area contributed by atoms with Gasteiger partial charge in [-0.1, -0.05) is 84.4 Å². The monoisotopic (exact) mass is 553 g/mol. The second kappa shape index (κ2) is 12.7. The Hall–Kier alpha value is -4.23. The molecule has 0 aliphatic carbocycles. The molecule has 0 saturated carbocycles. The predicted octanol–water partition coefficient (Wildman–Crippen LogP) is 5.74. The number of amides is 2. The van der Waals surface area contributed by atoms with Gasteiger partial charge in [0.1, 0.15) is 6.54 Å². The molecule has 1 aliphatic rings. The standard InChI is InChI=1S/C32H32ClN5O2/c1-24(25-11-4-2-5-12-25)38(32(40)27-15-8-9-16-28(27)33)23-31(39)37-20-10-19-36(21-22-37)30-18-17-29(34-35-30)26-13-6-3-7-14-26/h2-9,11-18,24H,10,19-23H2,1H3. The van der Waals surface area contributed by atoms with Crippen molar-refractivity contribution >= 4 is 29.2 Å². The summed E-state index contributed by atoms with van der Waals surface area (Å²) in [4.78, 5) is 32.9. The molecule has 0 bridgehead atoms. The molecule has 40 heavy (non-hydrogen) atoms. The second-order valence-electron chi connectivity index (χ2n) is 9.86. The third kappa shape index (κ3) is 6.32. The minimum absolute atomic E-state index is 0.0360. The summed E-state index contributed by atoms with van der Waals surface area (Å²) in [6.07, 6.45) is 0.792. The summed E-state index contributed by atoms with van der Waals surface area (Å²) in [6, 6.07) is 30.3. The van der Waals surface area contributed by atoms with Crippen molar-refractivity contribution in [2.24, 2.45) is 0 Å². The first-order valence-electron chi connectivity index (χ1n) is 13.5. The number of carbonyl (C=O) groups excluding carboxylic acids is 2. The van der Waals surface area contributed by atoms with E-state index in [1.54, 1.807) is 29.2 Å². The van der Waals surface area contributed by atoms with Crippen LogP contribution < -0.4 is 4.90 Å². The zero-order chi connectivity index (χ0) is 27.9. The molecule has 1 fully saturated rings. The summed E-state index contributed by atoms with van der Waals surface area (Å²) in [7, 11) is 0. The quantitative estimate of drug-likeness (QED) is 0.292. The number of rotatable bonds is 7. The van der Waals surface area contributed by atoms with Gasteiger partial charge in [0.25, 0.3) is 5.91 Å². The van der Waals surface area contributed by atoms with Gasteiger partial charge in [-0.05, 0) is 43.2 Å². The lowest BCUT2D eigenvalue weighted by atomic mass is 10.1. The minimum atomic E-state index is -0.309. The molecule has 0 radical (unpaired) electrons. The maximum atomic E-state index is 13.7. The number of carbonyl (C=O) groups is 2. The number of hydrogen-bond acceptors (Lipinski definition) is 5. The molecule has 1 unspecified atom stereocenters. The average molecular weight is 554 g/mol. The van der Waals surface area contributed by atoms with Gasteiger partial charge >= 0.3 is 0 Å². The predicted molar refractivity (Wildman–Crippen MR) is 158 cm³/mol. The highest BCUT2D eigenvalue weighted by Crippen LogP contribution is 2.26. The SMILES string of the molecule is CC(c1ccccc1)N(CC(=O)N1CCCN(c2ccc(-c3ccccc3)nn2)CC1)C(=O)c1ccccc1Cl. The molecule has 5 rings (SSSR count). The summed E-state index contributed by atoms with van der Waals surface area (Å²) in [5, 5.41) is 9.26. The molecule has 0 N–H and O–H groups in total. The van der Waals surface area contributed by atoms with Crippen LogP contribution in [0.3, 0.4) is 0 Å². The van der Waals surface area contributed by atoms with Gasteiger partial charge in [0, 0.05) is 31.7 Å². The maximum Gasteiger partial charge on any atom is 0.256 e. The number of halogens is 1.